The third-order valence-electron chi connectivity index (χ3n) is 8.85. The minimum atomic E-state index is -4.54. The largest absolute Gasteiger partial charge is 0.487 e. The number of aryl methyl sites for hydroxylation is 2. The molecule has 4 rings (SSSR count). The Morgan fingerprint density at radius 3 is 2.16 bits per heavy atom. The summed E-state index contributed by atoms with van der Waals surface area (Å²) in [5.74, 6) is 0.544. The Hall–Kier alpha value is -4.25. The molecule has 1 N–H and O–H groups in total. The van der Waals surface area contributed by atoms with E-state index in [1.54, 1.807) is 55.6 Å². The number of sulfonamides is 1. The zero-order valence-corrected chi connectivity index (χ0v) is 32.3. The average molecular weight is 945 g/mol. The summed E-state index contributed by atoms with van der Waals surface area (Å²) in [6.07, 6.45) is 2.25. The molecule has 0 bridgehead atoms. The molecular formula is C39H291N5O5S. The molecule has 0 radical (unpaired) electrons. The fourth-order valence-corrected chi connectivity index (χ4v) is 7.76. The van der Waals surface area contributed by atoms with Crippen molar-refractivity contribution >= 4 is 15.8 Å². The summed E-state index contributed by atoms with van der Waals surface area (Å²) >= 11 is 0. The van der Waals surface area contributed by atoms with Crippen molar-refractivity contribution in [2.45, 2.75) is 106 Å². The van der Waals surface area contributed by atoms with Crippen LogP contribution in [0.3, 0.4) is 0 Å². The van der Waals surface area contributed by atoms with Crippen LogP contribution in [0.15, 0.2) is 59.6 Å². The van der Waals surface area contributed by atoms with Gasteiger partial charge in [-0.15, -0.1) is 0 Å². The first-order chi connectivity index (χ1) is 23.8. The fraction of sp³-hybridized carbons (Fsp3) is 0.487. The highest BCUT2D eigenvalue weighted by Crippen LogP contribution is 2.51. The second kappa shape index (κ2) is 15.3. The van der Waals surface area contributed by atoms with E-state index in [1.807, 2.05) is 40.7 Å². The summed E-state index contributed by atoms with van der Waals surface area (Å²) in [6.45, 7) is 24.9. The number of hydrogen-bond donors (Lipinski definition) is 1. The van der Waals surface area contributed by atoms with Crippen molar-refractivity contribution in [2.75, 3.05) is 11.3 Å². The van der Waals surface area contributed by atoms with Crippen molar-refractivity contribution in [1.82, 2.24) is 19.9 Å². The van der Waals surface area contributed by atoms with E-state index >= 15 is 0 Å². The van der Waals surface area contributed by atoms with Gasteiger partial charge in [-0.25, -0.2) is 23.4 Å². The van der Waals surface area contributed by atoms with Crippen molar-refractivity contribution in [3.8, 4) is 34.8 Å². The van der Waals surface area contributed by atoms with Gasteiger partial charge < -0.3 is 14.2 Å². The van der Waals surface area contributed by atoms with Gasteiger partial charge in [0.05, 0.1) is 17.6 Å². The maximum absolute atomic E-state index is 14.5. The van der Waals surface area contributed by atoms with Gasteiger partial charge >= 0.3 is 0 Å². The summed E-state index contributed by atoms with van der Waals surface area (Å²) in [7, 11) is -4.54. The van der Waals surface area contributed by atoms with Gasteiger partial charge in [-0.05, 0) is 92.8 Å². The Balaban J connectivity index is -0.00000000215. The van der Waals surface area contributed by atoms with Crippen LogP contribution in [0.4, 0.5) is 5.82 Å². The van der Waals surface area contributed by atoms with Crippen molar-refractivity contribution in [3.63, 3.8) is 0 Å². The number of nitrogens with one attached hydrogen (secondary N) is 1. The van der Waals surface area contributed by atoms with E-state index < -0.39 is 10.0 Å². The van der Waals surface area contributed by atoms with E-state index in [4.69, 9.17) is 14.2 Å². The predicted octanol–water partition coefficient (Wildman–Crippen LogP) is 38.6. The normalized spacial score (nSPS) is 13.7. The van der Waals surface area contributed by atoms with Crippen molar-refractivity contribution in [3.05, 3.63) is 71.5 Å². The van der Waals surface area contributed by atoms with Crippen LogP contribution in [-0.4, -0.2) is 41.1 Å². The number of rotatable bonds is 14. The molecule has 10 nitrogen and oxygen atoms in total. The highest BCUT2D eigenvalue weighted by molar-refractivity contribution is 7.92. The highest BCUT2D eigenvalue weighted by Gasteiger charge is 2.45. The lowest BCUT2D eigenvalue weighted by Gasteiger charge is -2.49. The van der Waals surface area contributed by atoms with Crippen LogP contribution < -0.4 is 18.9 Å². The molecule has 508 valence electrons. The van der Waals surface area contributed by atoms with Gasteiger partial charge in [0.15, 0.2) is 24.6 Å². The number of hydrogen-bond acceptors (Lipinski definition) is 9. The number of benzene rings is 2. The third kappa shape index (κ3) is 8.37. The molecular weight excluding hydrogens is 651 g/mol. The Bertz CT molecular complexity index is 2090. The third-order valence-corrected chi connectivity index (χ3v) is 10.1. The standard InChI is InChI=1S/C39H53N5O5S.119H2/c1-13-39(25(4)5,38(10,11)12)30-19-18-29(22-27(30)8)50(45,46)44-34-33(49-32-17-15-14-16-31(32)48-26(6)7)37(47-23-24(2)3)43-36(42-34)35-40-21-20-28(9)41-35;;;;;;;;;;;;;;;;;;;;;;;;;;;;;;;;;;;;;;;;;;;;;;;;;;;;;;;;;;;;;;;;;;;;;;;;;;;;;;;;;;;;;;;;;;;;;;;;;;;;;;;;;;;;;;;;;;;;;;;/h14-22,24-26H,13,23H2,1-12H3,(H,42,43,44);119*1H/i/hD. The molecule has 0 fully saturated rings. The molecule has 2 heterocycles. The molecule has 0 aliphatic carbocycles. The smallest absolute Gasteiger partial charge is 0.263 e. The van der Waals surface area contributed by atoms with Crippen molar-refractivity contribution in [1.29, 1.82) is 0 Å². The molecule has 0 saturated carbocycles. The van der Waals surface area contributed by atoms with E-state index in [0.717, 1.165) is 17.5 Å². The van der Waals surface area contributed by atoms with Gasteiger partial charge in [0.25, 0.3) is 15.9 Å². The molecule has 2 aromatic carbocycles. The van der Waals surface area contributed by atoms with Crippen LogP contribution in [0.25, 0.3) is 11.6 Å². The second-order valence-corrected chi connectivity index (χ2v) is 16.3. The molecule has 0 aliphatic heterocycles. The van der Waals surface area contributed by atoms with Crippen molar-refractivity contribution < 1.29 is 194 Å². The molecule has 11 heteroatoms. The lowest BCUT2D eigenvalue weighted by atomic mass is 9.55. The summed E-state index contributed by atoms with van der Waals surface area (Å²) < 4.78 is 57.1. The first-order valence-electron chi connectivity index (χ1n) is 17.7. The van der Waals surface area contributed by atoms with Crippen LogP contribution in [0, 0.1) is 31.1 Å². The zero-order valence-electron chi connectivity index (χ0n) is 32.5. The Morgan fingerprint density at radius 1 is 0.920 bits per heavy atom. The number of anilines is 1. The molecule has 0 amide bonds. The SMILES string of the molecule is [2H]N(c1nc(-c2nccc(C)n2)nc(OCC(C)C)c1Oc1ccccc1OC(C)C)S(=O)(=O)c1ccc(C(CC)(C(C)C)C(C)(C)C)c(C)c1.[HH].[HH].[HH].[HH].[HH].[HH].[HH].[HH].[HH].[HH].[HH].[HH].[HH].[HH].[HH].[HH].[HH].[HH].[HH].[HH].[HH].[HH].[HH].[HH].[HH].[HH].[HH].[HH].[HH].[HH].[HH].[HH].[HH].[HH].[HH].[HH].[HH].[HH].[HH].[HH].[HH].[HH].[HH].[HH].[HH].[HH].[HH].[HH].[HH].[HH].[HH].[HH].[HH].[HH].[HH].[HH].[HH].[HH].[HH].[HH].[HH].[HH].[HH].[HH].[HH].[HH].[HH].[HH].[HH].[HH].[HH].[HH].[HH].[HH].[HH].[HH].[HH].[HH].[HH].[HH].[HH].[HH].[HH].[HH].[HH].[HH].[HH].[HH].[HH].[HH].[HH].[HH].[HH].[HH].[HH].[HH].[HH].[HH].[HH].[HH].[HH].[HH].[HH].[HH].[HH].[HH].[HH].[HH].[HH].[HH].[HH].[HH].[HH].[HH].[HH].[HH].[HH].[HH].[HH]. The topological polar surface area (TPSA) is 125 Å². The summed E-state index contributed by atoms with van der Waals surface area (Å²) in [5, 5.41) is 0. The monoisotopic (exact) mass is 944 g/mol. The van der Waals surface area contributed by atoms with E-state index in [2.05, 4.69) is 61.5 Å². The van der Waals surface area contributed by atoms with Gasteiger partial charge in [-0.3, -0.25) is 4.72 Å². The van der Waals surface area contributed by atoms with E-state index in [1.165, 1.54) is 0 Å². The van der Waals surface area contributed by atoms with Crippen molar-refractivity contribution in [2.24, 2.45) is 17.3 Å². The number of aromatic nitrogens is 4. The second-order valence-electron chi connectivity index (χ2n) is 14.7. The fourth-order valence-electron chi connectivity index (χ4n) is 6.74. The minimum absolute atomic E-state index is 0. The van der Waals surface area contributed by atoms with Gasteiger partial charge in [0.2, 0.25) is 11.6 Å². The molecule has 50 heavy (non-hydrogen) atoms. The Kier molecular flexibility index (Phi) is 11.3. The molecule has 4 aromatic rings. The van der Waals surface area contributed by atoms with E-state index in [0.29, 0.717) is 16.2 Å². The van der Waals surface area contributed by atoms with Gasteiger partial charge in [-0.2, -0.15) is 4.98 Å². The maximum atomic E-state index is 14.5. The van der Waals surface area contributed by atoms with Crippen LogP contribution in [-0.2, 0) is 15.4 Å². The highest BCUT2D eigenvalue weighted by atomic mass is 32.2. The lowest BCUT2D eigenvalue weighted by Crippen LogP contribution is -2.44. The molecule has 0 spiro atoms. The van der Waals surface area contributed by atoms with Gasteiger partial charge in [-0.1, -0.05) is 73.6 Å². The summed E-state index contributed by atoms with van der Waals surface area (Å²) in [4.78, 5) is 17.9. The zero-order chi connectivity index (χ0) is 37.9. The quantitative estimate of drug-likeness (QED) is 0.131. The number of nitrogens with zero attached hydrogens (tertiary/aromatic N) is 4. The molecule has 1 atom stereocenters. The average Bonchev–Trinajstić information content (AvgIpc) is 3.04. The first-order valence-corrected chi connectivity index (χ1v) is 18.7. The molecule has 2 aromatic heterocycles. The minimum Gasteiger partial charge on any atom is -0.487 e. The summed E-state index contributed by atoms with van der Waals surface area (Å²) in [6, 6.07) is 13.8. The van der Waals surface area contributed by atoms with Gasteiger partial charge in [0.1, 0.15) is 0 Å². The van der Waals surface area contributed by atoms with Crippen LogP contribution >= 0.6 is 0 Å². The molecule has 0 aliphatic rings. The molecule has 1 unspecified atom stereocenters. The molecule has 0 saturated heterocycles. The van der Waals surface area contributed by atoms with E-state index in [9.17, 15) is 9.83 Å². The number of ether oxygens (including phenoxy) is 3. The van der Waals surface area contributed by atoms with Crippen LogP contribution in [0.2, 0.25) is 1.41 Å². The van der Waals surface area contributed by atoms with Gasteiger partial charge in [0, 0.05) is 187 Å². The summed E-state index contributed by atoms with van der Waals surface area (Å²) in [5.41, 5.74) is 2.24. The Labute approximate surface area is 476 Å². The predicted molar refractivity (Wildman–Crippen MR) is 450 cm³/mol. The maximum Gasteiger partial charge on any atom is 0.263 e. The van der Waals surface area contributed by atoms with E-state index in [-0.39, 0.29) is 245 Å². The lowest BCUT2D eigenvalue weighted by molar-refractivity contribution is 0.115. The number of para-hydroxylation sites is 2. The first kappa shape index (κ1) is 37.0. The van der Waals surface area contributed by atoms with Crippen LogP contribution in [0.5, 0.6) is 23.1 Å². The van der Waals surface area contributed by atoms with Crippen LogP contribution in [0.1, 0.15) is 262 Å². The Morgan fingerprint density at radius 2 is 1.60 bits per heavy atom.